The van der Waals surface area contributed by atoms with Crippen LogP contribution in [0.3, 0.4) is 0 Å². The Morgan fingerprint density at radius 2 is 1.94 bits per heavy atom. The minimum atomic E-state index is -0.329. The normalized spacial score (nSPS) is 18.4. The number of rotatable bonds is 8. The quantitative estimate of drug-likeness (QED) is 0.552. The van der Waals surface area contributed by atoms with E-state index in [1.54, 1.807) is 13.1 Å². The molecule has 4 N–H and O–H groups in total. The smallest absolute Gasteiger partial charge is 0.269 e. The predicted octanol–water partition coefficient (Wildman–Crippen LogP) is 1.55. The van der Waals surface area contributed by atoms with Crippen LogP contribution < -0.4 is 16.4 Å². The van der Waals surface area contributed by atoms with Crippen LogP contribution in [0, 0.1) is 6.92 Å². The molecule has 8 heteroatoms. The molecule has 8 nitrogen and oxygen atoms in total. The van der Waals surface area contributed by atoms with Crippen LogP contribution in [0.25, 0.3) is 0 Å². The van der Waals surface area contributed by atoms with E-state index in [1.165, 1.54) is 6.07 Å². The molecule has 31 heavy (non-hydrogen) atoms. The molecule has 2 aromatic rings. The van der Waals surface area contributed by atoms with Crippen LogP contribution in [0.15, 0.2) is 36.4 Å². The number of carbonyl (C=O) groups is 2. The molecular formula is C23H30N4O4. The second-order valence-electron chi connectivity index (χ2n) is 7.73. The van der Waals surface area contributed by atoms with Crippen molar-refractivity contribution in [3.05, 3.63) is 64.5 Å². The van der Waals surface area contributed by atoms with Crippen molar-refractivity contribution in [2.75, 3.05) is 26.8 Å². The Balaban J connectivity index is 1.62. The maximum Gasteiger partial charge on any atom is 0.269 e. The highest BCUT2D eigenvalue weighted by Crippen LogP contribution is 2.14. The molecule has 2 heterocycles. The molecule has 0 saturated carbocycles. The Morgan fingerprint density at radius 3 is 2.65 bits per heavy atom. The summed E-state index contributed by atoms with van der Waals surface area (Å²) in [6.07, 6.45) is 1.63. The first-order valence-corrected chi connectivity index (χ1v) is 10.5. The number of amides is 2. The van der Waals surface area contributed by atoms with Gasteiger partial charge in [0.1, 0.15) is 5.69 Å². The molecule has 0 aliphatic carbocycles. The van der Waals surface area contributed by atoms with Crippen molar-refractivity contribution < 1.29 is 19.1 Å². The maximum absolute atomic E-state index is 12.7. The first-order chi connectivity index (χ1) is 14.9. The van der Waals surface area contributed by atoms with Gasteiger partial charge in [0.05, 0.1) is 19.3 Å². The number of benzene rings is 1. The monoisotopic (exact) mass is 426 g/mol. The number of carbonyl (C=O) groups excluding carboxylic acids is 2. The molecule has 1 aliphatic rings. The summed E-state index contributed by atoms with van der Waals surface area (Å²) >= 11 is 0. The zero-order valence-corrected chi connectivity index (χ0v) is 18.0. The lowest BCUT2D eigenvalue weighted by atomic mass is 10.0. The highest BCUT2D eigenvalue weighted by Gasteiger charge is 2.19. The van der Waals surface area contributed by atoms with E-state index in [4.69, 9.17) is 15.2 Å². The van der Waals surface area contributed by atoms with E-state index in [-0.39, 0.29) is 29.8 Å². The molecule has 0 atom stereocenters. The number of aryl methyl sites for hydroxylation is 1. The fraction of sp³-hybridized carbons (Fsp3) is 0.435. The van der Waals surface area contributed by atoms with E-state index in [1.807, 2.05) is 25.1 Å². The van der Waals surface area contributed by atoms with Crippen molar-refractivity contribution >= 4 is 11.8 Å². The third kappa shape index (κ3) is 6.85. The molecule has 1 aromatic carbocycles. The highest BCUT2D eigenvalue weighted by molar-refractivity contribution is 5.98. The first kappa shape index (κ1) is 22.9. The van der Waals surface area contributed by atoms with Crippen LogP contribution in [-0.4, -0.2) is 55.9 Å². The van der Waals surface area contributed by atoms with Crippen molar-refractivity contribution in [1.29, 1.82) is 0 Å². The lowest BCUT2D eigenvalue weighted by Crippen LogP contribution is -2.41. The Kier molecular flexibility index (Phi) is 8.11. The zero-order valence-electron chi connectivity index (χ0n) is 18.0. The zero-order chi connectivity index (χ0) is 22.2. The minimum Gasteiger partial charge on any atom is -0.354 e. The van der Waals surface area contributed by atoms with Gasteiger partial charge in [0.25, 0.3) is 11.8 Å². The van der Waals surface area contributed by atoms with Crippen LogP contribution in [0.4, 0.5) is 0 Å². The third-order valence-electron chi connectivity index (χ3n) is 4.96. The molecule has 1 saturated heterocycles. The topological polar surface area (TPSA) is 116 Å². The second-order valence-corrected chi connectivity index (χ2v) is 7.73. The van der Waals surface area contributed by atoms with E-state index in [0.717, 1.165) is 11.1 Å². The summed E-state index contributed by atoms with van der Waals surface area (Å²) in [6, 6.07) is 11.2. The van der Waals surface area contributed by atoms with E-state index in [9.17, 15) is 9.59 Å². The average Bonchev–Trinajstić information content (AvgIpc) is 2.77. The number of pyridine rings is 1. The average molecular weight is 427 g/mol. The molecule has 0 bridgehead atoms. The molecule has 0 unspecified atom stereocenters. The largest absolute Gasteiger partial charge is 0.354 e. The Labute approximate surface area is 182 Å². The SMILES string of the molecule is CNC(=O)c1cc(C(=O)NCCCC2OCC(N)CO2)cc(Cc2cccc(C)c2)n1. The van der Waals surface area contributed by atoms with Crippen LogP contribution in [0.2, 0.25) is 0 Å². The van der Waals surface area contributed by atoms with Crippen LogP contribution in [0.5, 0.6) is 0 Å². The summed E-state index contributed by atoms with van der Waals surface area (Å²) in [5.74, 6) is -0.574. The van der Waals surface area contributed by atoms with Gasteiger partial charge < -0.3 is 25.8 Å². The number of ether oxygens (including phenoxy) is 2. The number of aromatic nitrogens is 1. The summed E-state index contributed by atoms with van der Waals surface area (Å²) in [5.41, 5.74) is 9.23. The van der Waals surface area contributed by atoms with Crippen LogP contribution >= 0.6 is 0 Å². The van der Waals surface area contributed by atoms with Gasteiger partial charge in [-0.2, -0.15) is 0 Å². The molecular weight excluding hydrogens is 396 g/mol. The lowest BCUT2D eigenvalue weighted by molar-refractivity contribution is -0.188. The Hall–Kier alpha value is -2.81. The molecule has 3 rings (SSSR count). The van der Waals surface area contributed by atoms with Crippen molar-refractivity contribution in [1.82, 2.24) is 15.6 Å². The fourth-order valence-electron chi connectivity index (χ4n) is 3.38. The lowest BCUT2D eigenvalue weighted by Gasteiger charge is -2.27. The van der Waals surface area contributed by atoms with Gasteiger partial charge in [0.2, 0.25) is 0 Å². The van der Waals surface area contributed by atoms with Crippen molar-refractivity contribution in [2.24, 2.45) is 5.73 Å². The van der Waals surface area contributed by atoms with Gasteiger partial charge in [-0.1, -0.05) is 29.8 Å². The summed E-state index contributed by atoms with van der Waals surface area (Å²) in [6.45, 7) is 3.47. The van der Waals surface area contributed by atoms with Crippen molar-refractivity contribution in [3.8, 4) is 0 Å². The highest BCUT2D eigenvalue weighted by atomic mass is 16.7. The third-order valence-corrected chi connectivity index (χ3v) is 4.96. The number of nitrogens with one attached hydrogen (secondary N) is 2. The molecule has 0 radical (unpaired) electrons. The van der Waals surface area contributed by atoms with E-state index >= 15 is 0 Å². The Bertz CT molecular complexity index is 910. The van der Waals surface area contributed by atoms with E-state index in [0.29, 0.717) is 50.3 Å². The van der Waals surface area contributed by atoms with Gasteiger partial charge in [-0.05, 0) is 31.0 Å². The van der Waals surface area contributed by atoms with Gasteiger partial charge in [-0.25, -0.2) is 4.98 Å². The first-order valence-electron chi connectivity index (χ1n) is 10.5. The summed E-state index contributed by atoms with van der Waals surface area (Å²) in [7, 11) is 1.54. The molecule has 1 fully saturated rings. The number of nitrogens with two attached hydrogens (primary N) is 1. The predicted molar refractivity (Wildman–Crippen MR) is 117 cm³/mol. The van der Waals surface area contributed by atoms with Gasteiger partial charge in [0.15, 0.2) is 6.29 Å². The minimum absolute atomic E-state index is 0.0776. The van der Waals surface area contributed by atoms with Gasteiger partial charge in [-0.3, -0.25) is 9.59 Å². The summed E-state index contributed by atoms with van der Waals surface area (Å²) < 4.78 is 11.0. The summed E-state index contributed by atoms with van der Waals surface area (Å²) in [5, 5.41) is 5.47. The molecule has 0 spiro atoms. The van der Waals surface area contributed by atoms with Gasteiger partial charge >= 0.3 is 0 Å². The van der Waals surface area contributed by atoms with Crippen LogP contribution in [-0.2, 0) is 15.9 Å². The molecule has 1 aliphatic heterocycles. The Morgan fingerprint density at radius 1 is 1.16 bits per heavy atom. The van der Waals surface area contributed by atoms with Crippen molar-refractivity contribution in [3.63, 3.8) is 0 Å². The number of hydrogen-bond acceptors (Lipinski definition) is 6. The summed E-state index contributed by atoms with van der Waals surface area (Å²) in [4.78, 5) is 29.3. The number of nitrogens with zero attached hydrogens (tertiary/aromatic N) is 1. The van der Waals surface area contributed by atoms with E-state index in [2.05, 4.69) is 21.7 Å². The van der Waals surface area contributed by atoms with Crippen molar-refractivity contribution in [2.45, 2.75) is 38.5 Å². The number of hydrogen-bond donors (Lipinski definition) is 3. The standard InChI is InChI=1S/C23H30N4O4/c1-15-5-3-6-16(9-15)10-19-11-17(12-20(27-19)23(29)25-2)22(28)26-8-4-7-21-30-13-18(24)14-31-21/h3,5-6,9,11-12,18,21H,4,7-8,10,13-14,24H2,1-2H3,(H,25,29)(H,26,28). The molecule has 166 valence electrons. The van der Waals surface area contributed by atoms with Gasteiger partial charge in [0, 0.05) is 37.7 Å². The fourth-order valence-corrected chi connectivity index (χ4v) is 3.38. The van der Waals surface area contributed by atoms with Crippen LogP contribution in [0.1, 0.15) is 50.5 Å². The van der Waals surface area contributed by atoms with E-state index < -0.39 is 0 Å². The maximum atomic E-state index is 12.7. The second kappa shape index (κ2) is 11.0. The van der Waals surface area contributed by atoms with Gasteiger partial charge in [-0.15, -0.1) is 0 Å². The molecule has 2 amide bonds. The molecule has 1 aromatic heterocycles.